The maximum absolute atomic E-state index is 13.1. The van der Waals surface area contributed by atoms with Gasteiger partial charge >= 0.3 is 5.69 Å². The molecule has 1 unspecified atom stereocenters. The Bertz CT molecular complexity index is 934. The average molecular weight is 414 g/mol. The fraction of sp³-hybridized carbons (Fsp3) is 0.524. The highest BCUT2D eigenvalue weighted by molar-refractivity contribution is 5.94. The molecule has 2 saturated heterocycles. The van der Waals surface area contributed by atoms with Gasteiger partial charge in [-0.2, -0.15) is 5.10 Å². The number of rotatable bonds is 5. The van der Waals surface area contributed by atoms with Crippen molar-refractivity contribution >= 4 is 11.6 Å². The lowest BCUT2D eigenvalue weighted by Gasteiger charge is -2.38. The number of ether oxygens (including phenoxy) is 2. The standard InChI is InChI=1S/C21H26N4O5/c1-14-19(25(27)28)15(2)24(22-14)13-16-6-8-17(9-7-16)20(26)23-10-4-3-5-18(23)21-29-11-12-30-21/h6-9,18,21H,3-5,10-13H2,1-2H3. The molecule has 1 aromatic carbocycles. The summed E-state index contributed by atoms with van der Waals surface area (Å²) in [5.41, 5.74) is 2.50. The van der Waals surface area contributed by atoms with Crippen LogP contribution in [0.2, 0.25) is 0 Å². The molecule has 0 saturated carbocycles. The van der Waals surface area contributed by atoms with Crippen LogP contribution in [0.3, 0.4) is 0 Å². The molecule has 3 heterocycles. The highest BCUT2D eigenvalue weighted by Crippen LogP contribution is 2.26. The lowest BCUT2D eigenvalue weighted by Crippen LogP contribution is -2.50. The van der Waals surface area contributed by atoms with Crippen LogP contribution in [-0.4, -0.2) is 57.6 Å². The molecule has 0 N–H and O–H groups in total. The molecule has 0 bridgehead atoms. The summed E-state index contributed by atoms with van der Waals surface area (Å²) in [6.07, 6.45) is 2.58. The molecule has 2 aliphatic rings. The number of piperidine rings is 1. The Morgan fingerprint density at radius 2 is 1.90 bits per heavy atom. The van der Waals surface area contributed by atoms with Crippen molar-refractivity contribution in [3.63, 3.8) is 0 Å². The number of carbonyl (C=O) groups is 1. The summed E-state index contributed by atoms with van der Waals surface area (Å²) in [5, 5.41) is 15.5. The monoisotopic (exact) mass is 414 g/mol. The van der Waals surface area contributed by atoms with E-state index in [-0.39, 0.29) is 23.9 Å². The first-order chi connectivity index (χ1) is 14.5. The zero-order valence-corrected chi connectivity index (χ0v) is 17.2. The molecule has 2 aromatic rings. The van der Waals surface area contributed by atoms with Crippen molar-refractivity contribution in [2.45, 2.75) is 52.0 Å². The quantitative estimate of drug-likeness (QED) is 0.551. The van der Waals surface area contributed by atoms with Gasteiger partial charge in [-0.25, -0.2) is 0 Å². The lowest BCUT2D eigenvalue weighted by molar-refractivity contribution is -0.386. The highest BCUT2D eigenvalue weighted by atomic mass is 16.7. The van der Waals surface area contributed by atoms with Gasteiger partial charge in [0.25, 0.3) is 5.91 Å². The number of carbonyl (C=O) groups excluding carboxylic acids is 1. The first kappa shape index (κ1) is 20.5. The van der Waals surface area contributed by atoms with Gasteiger partial charge in [-0.1, -0.05) is 12.1 Å². The molecule has 2 fully saturated rings. The van der Waals surface area contributed by atoms with Crippen LogP contribution in [0.15, 0.2) is 24.3 Å². The second-order valence-corrected chi connectivity index (χ2v) is 7.80. The first-order valence-electron chi connectivity index (χ1n) is 10.3. The number of hydrogen-bond donors (Lipinski definition) is 0. The summed E-state index contributed by atoms with van der Waals surface area (Å²) in [6, 6.07) is 7.30. The highest BCUT2D eigenvalue weighted by Gasteiger charge is 2.36. The molecule has 1 amide bonds. The molecular formula is C21H26N4O5. The number of aryl methyl sites for hydroxylation is 1. The number of nitrogens with zero attached hydrogens (tertiary/aromatic N) is 4. The number of benzene rings is 1. The fourth-order valence-corrected chi connectivity index (χ4v) is 4.29. The normalized spacial score (nSPS) is 19.9. The maximum atomic E-state index is 13.1. The number of aromatic nitrogens is 2. The predicted octanol–water partition coefficient (Wildman–Crippen LogP) is 2.82. The predicted molar refractivity (Wildman–Crippen MR) is 108 cm³/mol. The Balaban J connectivity index is 1.48. The minimum absolute atomic E-state index is 0.0212. The SMILES string of the molecule is Cc1nn(Cc2ccc(C(=O)N3CCCCC3C3OCCO3)cc2)c(C)c1[N+](=O)[O-]. The first-order valence-corrected chi connectivity index (χ1v) is 10.3. The van der Waals surface area contributed by atoms with Crippen LogP contribution >= 0.6 is 0 Å². The van der Waals surface area contributed by atoms with Gasteiger partial charge in [0.1, 0.15) is 11.4 Å². The maximum Gasteiger partial charge on any atom is 0.312 e. The van der Waals surface area contributed by atoms with E-state index in [2.05, 4.69) is 5.10 Å². The van der Waals surface area contributed by atoms with Crippen molar-refractivity contribution in [3.8, 4) is 0 Å². The topological polar surface area (TPSA) is 99.7 Å². The van der Waals surface area contributed by atoms with Gasteiger partial charge in [0, 0.05) is 12.1 Å². The summed E-state index contributed by atoms with van der Waals surface area (Å²) in [5.74, 6) is -0.0212. The zero-order chi connectivity index (χ0) is 21.3. The molecule has 0 spiro atoms. The van der Waals surface area contributed by atoms with Crippen LogP contribution in [0.5, 0.6) is 0 Å². The molecule has 9 heteroatoms. The van der Waals surface area contributed by atoms with E-state index < -0.39 is 4.92 Å². The largest absolute Gasteiger partial charge is 0.348 e. The average Bonchev–Trinajstić information content (AvgIpc) is 3.36. The summed E-state index contributed by atoms with van der Waals surface area (Å²) < 4.78 is 12.9. The van der Waals surface area contributed by atoms with Crippen LogP contribution < -0.4 is 0 Å². The van der Waals surface area contributed by atoms with E-state index in [1.54, 1.807) is 30.7 Å². The number of amides is 1. The molecule has 1 atom stereocenters. The molecule has 30 heavy (non-hydrogen) atoms. The molecule has 160 valence electrons. The van der Waals surface area contributed by atoms with Gasteiger partial charge in [0.05, 0.1) is 30.7 Å². The second kappa shape index (κ2) is 8.53. The van der Waals surface area contributed by atoms with Crippen LogP contribution in [0.1, 0.15) is 46.6 Å². The van der Waals surface area contributed by atoms with Gasteiger partial charge in [-0.15, -0.1) is 0 Å². The number of likely N-dealkylation sites (tertiary alicyclic amines) is 1. The molecule has 0 aliphatic carbocycles. The molecule has 9 nitrogen and oxygen atoms in total. The van der Waals surface area contributed by atoms with E-state index in [1.165, 1.54) is 0 Å². The molecule has 4 rings (SSSR count). The van der Waals surface area contributed by atoms with E-state index in [0.717, 1.165) is 24.8 Å². The second-order valence-electron chi connectivity index (χ2n) is 7.80. The smallest absolute Gasteiger partial charge is 0.312 e. The van der Waals surface area contributed by atoms with Crippen molar-refractivity contribution in [1.29, 1.82) is 0 Å². The molecule has 0 radical (unpaired) electrons. The molecule has 2 aliphatic heterocycles. The Morgan fingerprint density at radius 3 is 2.53 bits per heavy atom. The Kier molecular flexibility index (Phi) is 5.83. The summed E-state index contributed by atoms with van der Waals surface area (Å²) in [7, 11) is 0. The Hall–Kier alpha value is -2.78. The van der Waals surface area contributed by atoms with Crippen molar-refractivity contribution in [3.05, 3.63) is 56.9 Å². The van der Waals surface area contributed by atoms with E-state index in [4.69, 9.17) is 9.47 Å². The Morgan fingerprint density at radius 1 is 1.20 bits per heavy atom. The molecule has 1 aromatic heterocycles. The summed E-state index contributed by atoms with van der Waals surface area (Å²) in [6.45, 7) is 5.58. The van der Waals surface area contributed by atoms with Crippen molar-refractivity contribution < 1.29 is 19.2 Å². The van der Waals surface area contributed by atoms with Gasteiger partial charge in [-0.3, -0.25) is 19.6 Å². The number of nitro groups is 1. The number of hydrogen-bond acceptors (Lipinski definition) is 6. The van der Waals surface area contributed by atoms with E-state index >= 15 is 0 Å². The van der Waals surface area contributed by atoms with E-state index in [9.17, 15) is 14.9 Å². The minimum Gasteiger partial charge on any atom is -0.348 e. The minimum atomic E-state index is -0.400. The van der Waals surface area contributed by atoms with Gasteiger partial charge in [0.15, 0.2) is 6.29 Å². The van der Waals surface area contributed by atoms with Crippen molar-refractivity contribution in [2.75, 3.05) is 19.8 Å². The van der Waals surface area contributed by atoms with Crippen LogP contribution in [-0.2, 0) is 16.0 Å². The van der Waals surface area contributed by atoms with Crippen LogP contribution in [0.25, 0.3) is 0 Å². The third-order valence-corrected chi connectivity index (χ3v) is 5.83. The third kappa shape index (κ3) is 3.95. The van der Waals surface area contributed by atoms with Gasteiger partial charge in [-0.05, 0) is 50.8 Å². The summed E-state index contributed by atoms with van der Waals surface area (Å²) in [4.78, 5) is 25.8. The zero-order valence-electron chi connectivity index (χ0n) is 17.2. The van der Waals surface area contributed by atoms with Gasteiger partial charge in [0.2, 0.25) is 0 Å². The van der Waals surface area contributed by atoms with E-state index in [0.29, 0.717) is 43.3 Å². The van der Waals surface area contributed by atoms with Crippen LogP contribution in [0.4, 0.5) is 5.69 Å². The fourth-order valence-electron chi connectivity index (χ4n) is 4.29. The van der Waals surface area contributed by atoms with Crippen LogP contribution in [0, 0.1) is 24.0 Å². The third-order valence-electron chi connectivity index (χ3n) is 5.83. The van der Waals surface area contributed by atoms with Crippen molar-refractivity contribution in [2.24, 2.45) is 0 Å². The van der Waals surface area contributed by atoms with E-state index in [1.807, 2.05) is 17.0 Å². The lowest BCUT2D eigenvalue weighted by atomic mass is 10.00. The Labute approximate surface area is 174 Å². The van der Waals surface area contributed by atoms with Gasteiger partial charge < -0.3 is 14.4 Å². The van der Waals surface area contributed by atoms with Crippen molar-refractivity contribution in [1.82, 2.24) is 14.7 Å². The molecular weight excluding hydrogens is 388 g/mol. The summed E-state index contributed by atoms with van der Waals surface area (Å²) >= 11 is 0.